The van der Waals surface area contributed by atoms with Crippen molar-refractivity contribution in [3.8, 4) is 0 Å². The first-order chi connectivity index (χ1) is 12.8. The average molecular weight is 368 g/mol. The molecule has 0 bridgehead atoms. The summed E-state index contributed by atoms with van der Waals surface area (Å²) in [5, 5.41) is 2.91. The molecule has 5 heteroatoms. The topological polar surface area (TPSA) is 49.4 Å². The van der Waals surface area contributed by atoms with Crippen molar-refractivity contribution in [3.05, 3.63) is 71.0 Å². The molecule has 3 rings (SSSR count). The Bertz CT molecular complexity index is 857. The van der Waals surface area contributed by atoms with E-state index in [-0.39, 0.29) is 23.0 Å². The zero-order chi connectivity index (χ0) is 19.6. The fourth-order valence-corrected chi connectivity index (χ4v) is 3.45. The molecule has 0 saturated carbocycles. The molecule has 0 fully saturated rings. The van der Waals surface area contributed by atoms with E-state index in [9.17, 15) is 14.0 Å². The number of halogens is 1. The first-order valence-corrected chi connectivity index (χ1v) is 9.18. The number of hydrogen-bond donors (Lipinski definition) is 1. The summed E-state index contributed by atoms with van der Waals surface area (Å²) in [4.78, 5) is 27.4. The summed E-state index contributed by atoms with van der Waals surface area (Å²) in [6.45, 7) is 7.01. The van der Waals surface area contributed by atoms with Gasteiger partial charge in [-0.2, -0.15) is 0 Å². The van der Waals surface area contributed by atoms with Gasteiger partial charge in [-0.25, -0.2) is 4.39 Å². The average Bonchev–Trinajstić information content (AvgIpc) is 2.86. The maximum Gasteiger partial charge on any atom is 0.255 e. The maximum absolute atomic E-state index is 13.3. The zero-order valence-electron chi connectivity index (χ0n) is 16.0. The molecular weight excluding hydrogens is 343 g/mol. The summed E-state index contributed by atoms with van der Waals surface area (Å²) >= 11 is 0. The van der Waals surface area contributed by atoms with Crippen LogP contribution in [-0.4, -0.2) is 29.8 Å². The Balaban J connectivity index is 1.74. The fourth-order valence-electron chi connectivity index (χ4n) is 3.45. The lowest BCUT2D eigenvalue weighted by atomic mass is 9.95. The highest BCUT2D eigenvalue weighted by Gasteiger charge is 2.42. The second-order valence-corrected chi connectivity index (χ2v) is 8.15. The monoisotopic (exact) mass is 368 g/mol. The quantitative estimate of drug-likeness (QED) is 0.874. The van der Waals surface area contributed by atoms with Crippen LogP contribution in [0, 0.1) is 11.2 Å². The van der Waals surface area contributed by atoms with Crippen LogP contribution in [-0.2, 0) is 11.2 Å². The molecule has 142 valence electrons. The Labute approximate surface area is 159 Å². The molecule has 2 aromatic rings. The molecule has 1 aliphatic rings. The number of carbonyl (C=O) groups excluding carboxylic acids is 2. The normalized spacial score (nSPS) is 16.4. The van der Waals surface area contributed by atoms with Crippen LogP contribution in [0.4, 0.5) is 4.39 Å². The predicted molar refractivity (Wildman–Crippen MR) is 103 cm³/mol. The second-order valence-electron chi connectivity index (χ2n) is 8.15. The lowest BCUT2D eigenvalue weighted by Crippen LogP contribution is -2.43. The van der Waals surface area contributed by atoms with E-state index in [1.54, 1.807) is 17.0 Å². The van der Waals surface area contributed by atoms with Gasteiger partial charge < -0.3 is 10.2 Å². The lowest BCUT2D eigenvalue weighted by Gasteiger charge is -2.31. The number of hydrogen-bond acceptors (Lipinski definition) is 2. The Hall–Kier alpha value is -2.69. The SMILES string of the molecule is CC(C)(C)CN1C(=O)c2ccccc2C1C(=O)NCCc1cccc(F)c1. The van der Waals surface area contributed by atoms with Crippen LogP contribution >= 0.6 is 0 Å². The van der Waals surface area contributed by atoms with Crippen LogP contribution in [0.2, 0.25) is 0 Å². The van der Waals surface area contributed by atoms with Crippen LogP contribution in [0.25, 0.3) is 0 Å². The lowest BCUT2D eigenvalue weighted by molar-refractivity contribution is -0.125. The van der Waals surface area contributed by atoms with E-state index in [0.717, 1.165) is 11.1 Å². The molecule has 1 aliphatic heterocycles. The van der Waals surface area contributed by atoms with Crippen molar-refractivity contribution < 1.29 is 14.0 Å². The first-order valence-electron chi connectivity index (χ1n) is 9.18. The van der Waals surface area contributed by atoms with Gasteiger partial charge in [0.15, 0.2) is 0 Å². The van der Waals surface area contributed by atoms with Gasteiger partial charge in [0.1, 0.15) is 11.9 Å². The minimum absolute atomic E-state index is 0.106. The van der Waals surface area contributed by atoms with Crippen molar-refractivity contribution >= 4 is 11.8 Å². The number of amides is 2. The van der Waals surface area contributed by atoms with Gasteiger partial charge in [0.2, 0.25) is 5.91 Å². The highest BCUT2D eigenvalue weighted by atomic mass is 19.1. The summed E-state index contributed by atoms with van der Waals surface area (Å²) in [6.07, 6.45) is 0.533. The van der Waals surface area contributed by atoms with E-state index in [2.05, 4.69) is 5.32 Å². The number of rotatable bonds is 5. The largest absolute Gasteiger partial charge is 0.354 e. The van der Waals surface area contributed by atoms with Crippen molar-refractivity contribution in [3.63, 3.8) is 0 Å². The van der Waals surface area contributed by atoms with Gasteiger partial charge in [0.05, 0.1) is 0 Å². The Kier molecular flexibility index (Phi) is 5.31. The number of nitrogens with one attached hydrogen (secondary N) is 1. The number of benzene rings is 2. The number of carbonyl (C=O) groups is 2. The molecule has 4 nitrogen and oxygen atoms in total. The molecule has 2 amide bonds. The highest BCUT2D eigenvalue weighted by molar-refractivity contribution is 6.04. The molecule has 2 aromatic carbocycles. The van der Waals surface area contributed by atoms with Crippen molar-refractivity contribution in [2.24, 2.45) is 5.41 Å². The molecule has 0 aliphatic carbocycles. The summed E-state index contributed by atoms with van der Waals surface area (Å²) in [7, 11) is 0. The minimum atomic E-state index is -0.625. The van der Waals surface area contributed by atoms with Gasteiger partial charge in [-0.05, 0) is 41.2 Å². The Morgan fingerprint density at radius 3 is 2.59 bits per heavy atom. The van der Waals surface area contributed by atoms with Crippen LogP contribution < -0.4 is 5.32 Å². The molecular formula is C22H25FN2O2. The molecule has 0 radical (unpaired) electrons. The van der Waals surface area contributed by atoms with Crippen LogP contribution in [0.15, 0.2) is 48.5 Å². The summed E-state index contributed by atoms with van der Waals surface area (Å²) in [5.74, 6) is -0.592. The molecule has 1 atom stereocenters. The van der Waals surface area contributed by atoms with Gasteiger partial charge >= 0.3 is 0 Å². The number of nitrogens with zero attached hydrogens (tertiary/aromatic N) is 1. The van der Waals surface area contributed by atoms with Crippen LogP contribution in [0.5, 0.6) is 0 Å². The van der Waals surface area contributed by atoms with Crippen molar-refractivity contribution in [2.75, 3.05) is 13.1 Å². The van der Waals surface area contributed by atoms with Gasteiger partial charge in [0, 0.05) is 18.7 Å². The summed E-state index contributed by atoms with van der Waals surface area (Å²) < 4.78 is 13.3. The molecule has 0 aromatic heterocycles. The third-order valence-corrected chi connectivity index (χ3v) is 4.55. The van der Waals surface area contributed by atoms with Gasteiger partial charge in [-0.3, -0.25) is 9.59 Å². The smallest absolute Gasteiger partial charge is 0.255 e. The second kappa shape index (κ2) is 7.51. The van der Waals surface area contributed by atoms with Gasteiger partial charge in [0.25, 0.3) is 5.91 Å². The van der Waals surface area contributed by atoms with Gasteiger partial charge in [-0.1, -0.05) is 51.1 Å². The summed E-state index contributed by atoms with van der Waals surface area (Å²) in [5.41, 5.74) is 2.03. The Morgan fingerprint density at radius 1 is 1.15 bits per heavy atom. The number of fused-ring (bicyclic) bond motifs is 1. The van der Waals surface area contributed by atoms with Crippen molar-refractivity contribution in [1.82, 2.24) is 10.2 Å². The third kappa shape index (κ3) is 4.35. The van der Waals surface area contributed by atoms with E-state index >= 15 is 0 Å². The van der Waals surface area contributed by atoms with E-state index in [0.29, 0.717) is 25.1 Å². The third-order valence-electron chi connectivity index (χ3n) is 4.55. The van der Waals surface area contributed by atoms with E-state index in [1.807, 2.05) is 45.0 Å². The van der Waals surface area contributed by atoms with E-state index < -0.39 is 6.04 Å². The standard InChI is InChI=1S/C22H25FN2O2/c1-22(2,3)14-25-19(17-9-4-5-10-18(17)21(25)27)20(26)24-12-11-15-7-6-8-16(23)13-15/h4-10,13,19H,11-12,14H2,1-3H3,(H,24,26). The predicted octanol–water partition coefficient (Wildman–Crippen LogP) is 3.73. The van der Waals surface area contributed by atoms with E-state index in [1.165, 1.54) is 12.1 Å². The fraction of sp³-hybridized carbons (Fsp3) is 0.364. The van der Waals surface area contributed by atoms with Crippen LogP contribution in [0.1, 0.15) is 48.3 Å². The maximum atomic E-state index is 13.3. The Morgan fingerprint density at radius 2 is 1.89 bits per heavy atom. The molecule has 1 heterocycles. The molecule has 0 saturated heterocycles. The van der Waals surface area contributed by atoms with Crippen molar-refractivity contribution in [2.45, 2.75) is 33.2 Å². The zero-order valence-corrected chi connectivity index (χ0v) is 16.0. The highest BCUT2D eigenvalue weighted by Crippen LogP contribution is 2.35. The van der Waals surface area contributed by atoms with E-state index in [4.69, 9.17) is 0 Å². The summed E-state index contributed by atoms with van der Waals surface area (Å²) in [6, 6.07) is 13.0. The van der Waals surface area contributed by atoms with Crippen LogP contribution in [0.3, 0.4) is 0 Å². The van der Waals surface area contributed by atoms with Crippen molar-refractivity contribution in [1.29, 1.82) is 0 Å². The van der Waals surface area contributed by atoms with Gasteiger partial charge in [-0.15, -0.1) is 0 Å². The first kappa shape index (κ1) is 19.1. The molecule has 1 unspecified atom stereocenters. The minimum Gasteiger partial charge on any atom is -0.354 e. The molecule has 1 N–H and O–H groups in total. The molecule has 0 spiro atoms. The molecule has 27 heavy (non-hydrogen) atoms.